The first-order valence-electron chi connectivity index (χ1n) is 3.48. The lowest BCUT2D eigenvalue weighted by Gasteiger charge is -1.99. The van der Waals surface area contributed by atoms with Crippen molar-refractivity contribution in [1.29, 1.82) is 0 Å². The van der Waals surface area contributed by atoms with Crippen molar-refractivity contribution in [1.82, 2.24) is 9.97 Å². The van der Waals surface area contributed by atoms with Crippen molar-refractivity contribution in [2.24, 2.45) is 0 Å². The molecule has 0 unspecified atom stereocenters. The van der Waals surface area contributed by atoms with Gasteiger partial charge in [0, 0.05) is 6.08 Å². The topological polar surface area (TPSA) is 52.1 Å². The van der Waals surface area contributed by atoms with Crippen molar-refractivity contribution in [3.63, 3.8) is 0 Å². The third-order valence-electron chi connectivity index (χ3n) is 1.20. The maximum absolute atomic E-state index is 10.7. The third kappa shape index (κ3) is 3.33. The van der Waals surface area contributed by atoms with Gasteiger partial charge >= 0.3 is 5.97 Å². The molecule has 0 fully saturated rings. The van der Waals surface area contributed by atoms with E-state index in [9.17, 15) is 4.79 Å². The SMILES string of the molecule is C=CC(=O)OCc1cnc(Br)cn1. The maximum atomic E-state index is 10.7. The summed E-state index contributed by atoms with van der Waals surface area (Å²) >= 11 is 3.14. The molecule has 4 nitrogen and oxygen atoms in total. The highest BCUT2D eigenvalue weighted by molar-refractivity contribution is 9.10. The Hall–Kier alpha value is -1.23. The smallest absolute Gasteiger partial charge is 0.330 e. The van der Waals surface area contributed by atoms with Crippen LogP contribution < -0.4 is 0 Å². The number of halogens is 1. The molecule has 1 rings (SSSR count). The van der Waals surface area contributed by atoms with Crippen LogP contribution in [-0.4, -0.2) is 15.9 Å². The second-order valence-corrected chi connectivity index (χ2v) is 2.95. The monoisotopic (exact) mass is 242 g/mol. The summed E-state index contributed by atoms with van der Waals surface area (Å²) in [6.07, 6.45) is 4.17. The maximum Gasteiger partial charge on any atom is 0.330 e. The molecule has 0 aliphatic heterocycles. The van der Waals surface area contributed by atoms with Gasteiger partial charge in [-0.25, -0.2) is 9.78 Å². The zero-order chi connectivity index (χ0) is 9.68. The molecule has 0 aliphatic rings. The van der Waals surface area contributed by atoms with Crippen LogP contribution in [0.1, 0.15) is 5.69 Å². The summed E-state index contributed by atoms with van der Waals surface area (Å²) in [5.74, 6) is -0.468. The van der Waals surface area contributed by atoms with Crippen molar-refractivity contribution in [2.75, 3.05) is 0 Å². The second kappa shape index (κ2) is 4.71. The summed E-state index contributed by atoms with van der Waals surface area (Å²) in [4.78, 5) is 18.5. The molecule has 0 amide bonds. The highest BCUT2D eigenvalue weighted by Gasteiger charge is 1.99. The van der Waals surface area contributed by atoms with Crippen molar-refractivity contribution in [3.8, 4) is 0 Å². The number of carbonyl (C=O) groups excluding carboxylic acids is 1. The number of carbonyl (C=O) groups is 1. The summed E-state index contributed by atoms with van der Waals surface area (Å²) in [6, 6.07) is 0. The molecular formula is C8H7BrN2O2. The molecule has 0 bridgehead atoms. The quantitative estimate of drug-likeness (QED) is 0.595. The van der Waals surface area contributed by atoms with Gasteiger partial charge in [0.15, 0.2) is 0 Å². The van der Waals surface area contributed by atoms with Gasteiger partial charge in [0.05, 0.1) is 18.1 Å². The summed E-state index contributed by atoms with van der Waals surface area (Å²) in [7, 11) is 0. The number of hydrogen-bond acceptors (Lipinski definition) is 4. The minimum Gasteiger partial charge on any atom is -0.456 e. The molecule has 0 aliphatic carbocycles. The van der Waals surface area contributed by atoms with Crippen LogP contribution in [0.2, 0.25) is 0 Å². The average Bonchev–Trinajstić information content (AvgIpc) is 2.16. The summed E-state index contributed by atoms with van der Waals surface area (Å²) in [5.41, 5.74) is 0.596. The second-order valence-electron chi connectivity index (χ2n) is 2.14. The molecule has 0 spiro atoms. The Bertz CT molecular complexity index is 310. The number of esters is 1. The fourth-order valence-electron chi connectivity index (χ4n) is 0.618. The lowest BCUT2D eigenvalue weighted by molar-refractivity contribution is -0.139. The van der Waals surface area contributed by atoms with Crippen molar-refractivity contribution < 1.29 is 9.53 Å². The predicted molar refractivity (Wildman–Crippen MR) is 49.7 cm³/mol. The van der Waals surface area contributed by atoms with Crippen LogP contribution in [-0.2, 0) is 16.1 Å². The average molecular weight is 243 g/mol. The Kier molecular flexibility index (Phi) is 3.57. The van der Waals surface area contributed by atoms with Gasteiger partial charge in [-0.15, -0.1) is 0 Å². The highest BCUT2D eigenvalue weighted by Crippen LogP contribution is 2.03. The lowest BCUT2D eigenvalue weighted by atomic mass is 10.5. The first-order valence-corrected chi connectivity index (χ1v) is 4.27. The van der Waals surface area contributed by atoms with E-state index in [0.717, 1.165) is 6.08 Å². The van der Waals surface area contributed by atoms with Crippen LogP contribution >= 0.6 is 15.9 Å². The lowest BCUT2D eigenvalue weighted by Crippen LogP contribution is -2.02. The Balaban J connectivity index is 2.50. The molecule has 0 aromatic carbocycles. The molecule has 1 heterocycles. The highest BCUT2D eigenvalue weighted by atomic mass is 79.9. The first-order chi connectivity index (χ1) is 6.22. The van der Waals surface area contributed by atoms with Crippen molar-refractivity contribution in [3.05, 3.63) is 35.3 Å². The largest absolute Gasteiger partial charge is 0.456 e. The minimum atomic E-state index is -0.468. The Morgan fingerprint density at radius 2 is 2.38 bits per heavy atom. The van der Waals surface area contributed by atoms with Crippen LogP contribution in [0, 0.1) is 0 Å². The van der Waals surface area contributed by atoms with Gasteiger partial charge < -0.3 is 4.74 Å². The van der Waals surface area contributed by atoms with E-state index in [-0.39, 0.29) is 6.61 Å². The fourth-order valence-corrected chi connectivity index (χ4v) is 0.822. The molecule has 13 heavy (non-hydrogen) atoms. The number of nitrogens with zero attached hydrogens (tertiary/aromatic N) is 2. The molecule has 1 aromatic rings. The molecular weight excluding hydrogens is 236 g/mol. The van der Waals surface area contributed by atoms with Crippen molar-refractivity contribution in [2.45, 2.75) is 6.61 Å². The Labute approximate surface area is 83.8 Å². The van der Waals surface area contributed by atoms with E-state index >= 15 is 0 Å². The third-order valence-corrected chi connectivity index (χ3v) is 1.61. The van der Waals surface area contributed by atoms with E-state index in [4.69, 9.17) is 4.74 Å². The van der Waals surface area contributed by atoms with Crippen LogP contribution in [0.4, 0.5) is 0 Å². The molecule has 68 valence electrons. The fraction of sp³-hybridized carbons (Fsp3) is 0.125. The zero-order valence-corrected chi connectivity index (χ0v) is 8.32. The summed E-state index contributed by atoms with van der Waals surface area (Å²) < 4.78 is 5.39. The Morgan fingerprint density at radius 3 is 2.92 bits per heavy atom. The molecule has 0 N–H and O–H groups in total. The number of aromatic nitrogens is 2. The minimum absolute atomic E-state index is 0.116. The molecule has 0 saturated heterocycles. The van der Waals surface area contributed by atoms with Gasteiger partial charge in [0.25, 0.3) is 0 Å². The van der Waals surface area contributed by atoms with E-state index in [1.54, 1.807) is 0 Å². The van der Waals surface area contributed by atoms with Gasteiger partial charge in [-0.05, 0) is 15.9 Å². The number of ether oxygens (including phenoxy) is 1. The van der Waals surface area contributed by atoms with Gasteiger partial charge in [-0.3, -0.25) is 4.98 Å². The molecule has 0 atom stereocenters. The van der Waals surface area contributed by atoms with E-state index in [0.29, 0.717) is 10.3 Å². The molecule has 0 radical (unpaired) electrons. The van der Waals surface area contributed by atoms with Gasteiger partial charge in [-0.2, -0.15) is 0 Å². The van der Waals surface area contributed by atoms with Gasteiger partial charge in [-0.1, -0.05) is 6.58 Å². The molecule has 5 heteroatoms. The normalized spacial score (nSPS) is 9.31. The van der Waals surface area contributed by atoms with Crippen molar-refractivity contribution >= 4 is 21.9 Å². The Morgan fingerprint density at radius 1 is 1.62 bits per heavy atom. The predicted octanol–water partition coefficient (Wildman–Crippen LogP) is 1.47. The standard InChI is InChI=1S/C8H7BrN2O2/c1-2-8(12)13-5-6-3-11-7(9)4-10-6/h2-4H,1,5H2. The number of rotatable bonds is 3. The van der Waals surface area contributed by atoms with Crippen LogP contribution in [0.5, 0.6) is 0 Å². The van der Waals surface area contributed by atoms with E-state index in [1.807, 2.05) is 0 Å². The molecule has 0 saturated carbocycles. The van der Waals surface area contributed by atoms with Crippen LogP contribution in [0.3, 0.4) is 0 Å². The van der Waals surface area contributed by atoms with E-state index in [1.165, 1.54) is 12.4 Å². The van der Waals surface area contributed by atoms with E-state index in [2.05, 4.69) is 32.5 Å². The summed E-state index contributed by atoms with van der Waals surface area (Å²) in [5, 5.41) is 0. The van der Waals surface area contributed by atoms with E-state index < -0.39 is 5.97 Å². The first kappa shape index (κ1) is 9.85. The number of hydrogen-bond donors (Lipinski definition) is 0. The molecule has 1 aromatic heterocycles. The van der Waals surface area contributed by atoms with Gasteiger partial charge in [0.2, 0.25) is 0 Å². The van der Waals surface area contributed by atoms with Crippen LogP contribution in [0.15, 0.2) is 29.7 Å². The van der Waals surface area contributed by atoms with Crippen LogP contribution in [0.25, 0.3) is 0 Å². The zero-order valence-electron chi connectivity index (χ0n) is 6.74. The van der Waals surface area contributed by atoms with Gasteiger partial charge in [0.1, 0.15) is 11.2 Å². The summed E-state index contributed by atoms with van der Waals surface area (Å²) in [6.45, 7) is 3.39.